The molecule has 3 N–H and O–H groups in total. The van der Waals surface area contributed by atoms with Crippen LogP contribution in [0.4, 0.5) is 4.39 Å². The smallest absolute Gasteiger partial charge is 0.256 e. The zero-order valence-electron chi connectivity index (χ0n) is 10.6. The van der Waals surface area contributed by atoms with E-state index in [1.165, 1.54) is 18.2 Å². The van der Waals surface area contributed by atoms with Crippen molar-refractivity contribution in [1.82, 2.24) is 5.32 Å². The highest BCUT2D eigenvalue weighted by atomic mass is 35.5. The molecule has 18 heavy (non-hydrogen) atoms. The number of amides is 1. The monoisotopic (exact) mass is 272 g/mol. The Morgan fingerprint density at radius 3 is 2.50 bits per heavy atom. The van der Waals surface area contributed by atoms with E-state index in [4.69, 9.17) is 17.3 Å². The zero-order valence-corrected chi connectivity index (χ0v) is 11.4. The minimum atomic E-state index is -0.627. The van der Waals surface area contributed by atoms with Gasteiger partial charge in [0.2, 0.25) is 0 Å². The predicted octanol–water partition coefficient (Wildman–Crippen LogP) is 2.73. The van der Waals surface area contributed by atoms with Crippen molar-refractivity contribution in [3.05, 3.63) is 34.6 Å². The van der Waals surface area contributed by atoms with E-state index < -0.39 is 17.3 Å². The number of hydrogen-bond donors (Lipinski definition) is 2. The van der Waals surface area contributed by atoms with Crippen molar-refractivity contribution in [3.63, 3.8) is 0 Å². The summed E-state index contributed by atoms with van der Waals surface area (Å²) in [7, 11) is 0. The number of nitrogens with two attached hydrogens (primary N) is 1. The lowest BCUT2D eigenvalue weighted by atomic mass is 9.92. The Morgan fingerprint density at radius 2 is 2.06 bits per heavy atom. The van der Waals surface area contributed by atoms with Crippen LogP contribution >= 0.6 is 11.6 Å². The van der Waals surface area contributed by atoms with Gasteiger partial charge < -0.3 is 11.1 Å². The van der Waals surface area contributed by atoms with Gasteiger partial charge in [0.25, 0.3) is 5.91 Å². The molecule has 1 rings (SSSR count). The maximum absolute atomic E-state index is 13.6. The number of hydrogen-bond acceptors (Lipinski definition) is 2. The highest BCUT2D eigenvalue weighted by Crippen LogP contribution is 2.21. The first kappa shape index (κ1) is 14.9. The lowest BCUT2D eigenvalue weighted by molar-refractivity contribution is 0.0891. The van der Waals surface area contributed by atoms with Gasteiger partial charge in [-0.3, -0.25) is 4.79 Å². The average Bonchev–Trinajstić information content (AvgIpc) is 2.36. The van der Waals surface area contributed by atoms with Crippen LogP contribution in [0.1, 0.15) is 37.0 Å². The zero-order chi connectivity index (χ0) is 13.8. The van der Waals surface area contributed by atoms with Crippen LogP contribution in [0.5, 0.6) is 0 Å². The third kappa shape index (κ3) is 3.00. The molecule has 0 aliphatic rings. The summed E-state index contributed by atoms with van der Waals surface area (Å²) in [6, 6.07) is 4.16. The van der Waals surface area contributed by atoms with Crippen LogP contribution in [0, 0.1) is 5.82 Å². The molecule has 0 aliphatic carbocycles. The highest BCUT2D eigenvalue weighted by molar-refractivity contribution is 6.33. The van der Waals surface area contributed by atoms with Crippen molar-refractivity contribution < 1.29 is 9.18 Å². The Morgan fingerprint density at radius 1 is 1.44 bits per heavy atom. The van der Waals surface area contributed by atoms with Crippen LogP contribution in [0.25, 0.3) is 0 Å². The Labute approximate surface area is 112 Å². The van der Waals surface area contributed by atoms with E-state index in [9.17, 15) is 9.18 Å². The molecular weight excluding hydrogens is 255 g/mol. The standard InChI is InChI=1S/C13H18ClFN2O/c1-3-13(4-2,8-16)17-12(18)11-9(14)6-5-7-10(11)15/h5-7H,3-4,8,16H2,1-2H3,(H,17,18). The van der Waals surface area contributed by atoms with Crippen LogP contribution in [-0.2, 0) is 0 Å². The summed E-state index contributed by atoms with van der Waals surface area (Å²) < 4.78 is 13.6. The van der Waals surface area contributed by atoms with Gasteiger partial charge in [-0.15, -0.1) is 0 Å². The van der Waals surface area contributed by atoms with E-state index in [2.05, 4.69) is 5.32 Å². The summed E-state index contributed by atoms with van der Waals surface area (Å²) in [6.07, 6.45) is 1.36. The van der Waals surface area contributed by atoms with Crippen molar-refractivity contribution >= 4 is 17.5 Å². The predicted molar refractivity (Wildman–Crippen MR) is 71.2 cm³/mol. The first-order valence-electron chi connectivity index (χ1n) is 5.96. The molecule has 0 radical (unpaired) electrons. The van der Waals surface area contributed by atoms with Crippen molar-refractivity contribution in [3.8, 4) is 0 Å². The van der Waals surface area contributed by atoms with Gasteiger partial charge >= 0.3 is 0 Å². The first-order chi connectivity index (χ1) is 8.49. The van der Waals surface area contributed by atoms with Crippen molar-refractivity contribution in [2.45, 2.75) is 32.2 Å². The Hall–Kier alpha value is -1.13. The normalized spacial score (nSPS) is 11.4. The minimum absolute atomic E-state index is 0.102. The number of carbonyl (C=O) groups is 1. The van der Waals surface area contributed by atoms with Gasteiger partial charge in [-0.25, -0.2) is 4.39 Å². The molecule has 0 aromatic heterocycles. The van der Waals surface area contributed by atoms with E-state index in [0.717, 1.165) is 0 Å². The first-order valence-corrected chi connectivity index (χ1v) is 6.34. The summed E-state index contributed by atoms with van der Waals surface area (Å²) in [5.41, 5.74) is 5.05. The Bertz CT molecular complexity index is 404. The van der Waals surface area contributed by atoms with Crippen LogP contribution in [-0.4, -0.2) is 18.0 Å². The fraction of sp³-hybridized carbons (Fsp3) is 0.462. The van der Waals surface area contributed by atoms with E-state index in [-0.39, 0.29) is 10.6 Å². The van der Waals surface area contributed by atoms with Gasteiger partial charge in [-0.1, -0.05) is 31.5 Å². The molecule has 0 spiro atoms. The van der Waals surface area contributed by atoms with Crippen molar-refractivity contribution in [2.24, 2.45) is 5.73 Å². The van der Waals surface area contributed by atoms with Gasteiger partial charge in [-0.05, 0) is 25.0 Å². The lowest BCUT2D eigenvalue weighted by Crippen LogP contribution is -2.53. The maximum atomic E-state index is 13.6. The Balaban J connectivity index is 3.02. The van der Waals surface area contributed by atoms with Gasteiger partial charge in [0.05, 0.1) is 16.1 Å². The summed E-state index contributed by atoms with van der Waals surface area (Å²) in [5, 5.41) is 2.89. The van der Waals surface area contributed by atoms with Gasteiger partial charge in [-0.2, -0.15) is 0 Å². The number of halogens is 2. The van der Waals surface area contributed by atoms with Gasteiger partial charge in [0.1, 0.15) is 5.82 Å². The molecule has 0 saturated heterocycles. The van der Waals surface area contributed by atoms with Gasteiger partial charge in [0.15, 0.2) is 0 Å². The average molecular weight is 273 g/mol. The molecule has 0 fully saturated rings. The second-order valence-corrected chi connectivity index (χ2v) is 4.65. The fourth-order valence-corrected chi connectivity index (χ4v) is 2.03. The van der Waals surface area contributed by atoms with Crippen LogP contribution in [0.2, 0.25) is 5.02 Å². The molecule has 1 aromatic rings. The third-order valence-electron chi connectivity index (χ3n) is 3.31. The second-order valence-electron chi connectivity index (χ2n) is 4.24. The molecule has 100 valence electrons. The highest BCUT2D eigenvalue weighted by Gasteiger charge is 2.28. The largest absolute Gasteiger partial charge is 0.345 e. The van der Waals surface area contributed by atoms with E-state index in [0.29, 0.717) is 19.4 Å². The summed E-state index contributed by atoms with van der Waals surface area (Å²) in [5.74, 6) is -1.15. The molecule has 1 aromatic carbocycles. The molecule has 0 bridgehead atoms. The minimum Gasteiger partial charge on any atom is -0.345 e. The molecule has 0 saturated carbocycles. The van der Waals surface area contributed by atoms with E-state index in [1.807, 2.05) is 13.8 Å². The Kier molecular flexibility index (Phi) is 5.11. The topological polar surface area (TPSA) is 55.1 Å². The number of benzene rings is 1. The molecule has 0 atom stereocenters. The van der Waals surface area contributed by atoms with E-state index >= 15 is 0 Å². The lowest BCUT2D eigenvalue weighted by Gasteiger charge is -2.31. The summed E-state index contributed by atoms with van der Waals surface area (Å²) in [4.78, 5) is 12.1. The molecular formula is C13H18ClFN2O. The quantitative estimate of drug-likeness (QED) is 0.866. The fourth-order valence-electron chi connectivity index (χ4n) is 1.78. The van der Waals surface area contributed by atoms with Crippen LogP contribution in [0.3, 0.4) is 0 Å². The summed E-state index contributed by atoms with van der Waals surface area (Å²) in [6.45, 7) is 4.16. The molecule has 0 aliphatic heterocycles. The molecule has 0 heterocycles. The summed E-state index contributed by atoms with van der Waals surface area (Å²) >= 11 is 5.85. The molecule has 3 nitrogen and oxygen atoms in total. The molecule has 1 amide bonds. The number of carbonyl (C=O) groups excluding carboxylic acids is 1. The van der Waals surface area contributed by atoms with Crippen molar-refractivity contribution in [1.29, 1.82) is 0 Å². The van der Waals surface area contributed by atoms with Crippen LogP contribution < -0.4 is 11.1 Å². The van der Waals surface area contributed by atoms with E-state index in [1.54, 1.807) is 0 Å². The van der Waals surface area contributed by atoms with Crippen LogP contribution in [0.15, 0.2) is 18.2 Å². The SMILES string of the molecule is CCC(CC)(CN)NC(=O)c1c(F)cccc1Cl. The second kappa shape index (κ2) is 6.16. The molecule has 0 unspecified atom stereocenters. The molecule has 5 heteroatoms. The third-order valence-corrected chi connectivity index (χ3v) is 3.63. The van der Waals surface area contributed by atoms with Gasteiger partial charge in [0, 0.05) is 6.54 Å². The van der Waals surface area contributed by atoms with Crippen molar-refractivity contribution in [2.75, 3.05) is 6.54 Å². The number of rotatable bonds is 5. The maximum Gasteiger partial charge on any atom is 0.256 e. The number of nitrogens with one attached hydrogen (secondary N) is 1.